The Kier molecular flexibility index (Phi) is 3.92. The molecule has 0 aromatic heterocycles. The Morgan fingerprint density at radius 2 is 1.91 bits per heavy atom. The third-order valence-corrected chi connectivity index (χ3v) is 2.81. The first-order chi connectivity index (χ1) is 5.34. The highest BCUT2D eigenvalue weighted by Crippen LogP contribution is 2.22. The van der Waals surface area contributed by atoms with E-state index in [1.165, 1.54) is 45.1 Å². The van der Waals surface area contributed by atoms with Crippen LogP contribution in [0.4, 0.5) is 0 Å². The average Bonchev–Trinajstić information content (AvgIpc) is 2.52. The van der Waals surface area contributed by atoms with Crippen molar-refractivity contribution in [1.29, 1.82) is 0 Å². The van der Waals surface area contributed by atoms with Gasteiger partial charge in [0.2, 0.25) is 0 Å². The first-order valence-corrected chi connectivity index (χ1v) is 5.05. The van der Waals surface area contributed by atoms with Gasteiger partial charge in [0.15, 0.2) is 0 Å². The monoisotopic (exact) mass is 155 g/mol. The lowest BCUT2D eigenvalue weighted by molar-refractivity contribution is 0.242. The number of hydrogen-bond donors (Lipinski definition) is 0. The Balaban J connectivity index is 2.12. The van der Waals surface area contributed by atoms with Crippen molar-refractivity contribution in [2.24, 2.45) is 0 Å². The molecule has 0 N–H and O–H groups in total. The Bertz CT molecular complexity index is 95.0. The summed E-state index contributed by atoms with van der Waals surface area (Å²) in [6.45, 7) is 3.57. The molecule has 1 fully saturated rings. The smallest absolute Gasteiger partial charge is 0.00922 e. The molecule has 0 unspecified atom stereocenters. The summed E-state index contributed by atoms with van der Waals surface area (Å²) >= 11 is 0. The summed E-state index contributed by atoms with van der Waals surface area (Å²) in [7, 11) is 2.28. The van der Waals surface area contributed by atoms with Gasteiger partial charge in [-0.1, -0.05) is 26.2 Å². The number of unbranched alkanes of at least 4 members (excludes halogenated alkanes) is 1. The predicted molar refractivity (Wildman–Crippen MR) is 49.8 cm³/mol. The van der Waals surface area contributed by atoms with Crippen LogP contribution in [0.5, 0.6) is 0 Å². The molecule has 0 aliphatic heterocycles. The maximum atomic E-state index is 2.55. The molecule has 1 aliphatic rings. The fourth-order valence-corrected chi connectivity index (χ4v) is 1.94. The molecule has 1 rings (SSSR count). The van der Waals surface area contributed by atoms with Crippen molar-refractivity contribution in [3.63, 3.8) is 0 Å². The molecule has 0 spiro atoms. The van der Waals surface area contributed by atoms with Gasteiger partial charge < -0.3 is 4.90 Å². The van der Waals surface area contributed by atoms with E-state index >= 15 is 0 Å². The topological polar surface area (TPSA) is 3.24 Å². The van der Waals surface area contributed by atoms with Gasteiger partial charge >= 0.3 is 0 Å². The van der Waals surface area contributed by atoms with E-state index in [4.69, 9.17) is 0 Å². The SMILES string of the molecule is CCCCN(C)C1CCCC1. The average molecular weight is 155 g/mol. The minimum Gasteiger partial charge on any atom is -0.303 e. The lowest BCUT2D eigenvalue weighted by atomic mass is 10.2. The van der Waals surface area contributed by atoms with Gasteiger partial charge in [-0.05, 0) is 32.9 Å². The van der Waals surface area contributed by atoms with Gasteiger partial charge in [0.05, 0.1) is 0 Å². The normalized spacial score (nSPS) is 19.9. The Morgan fingerprint density at radius 3 is 2.45 bits per heavy atom. The van der Waals surface area contributed by atoms with E-state index in [2.05, 4.69) is 18.9 Å². The second-order valence-electron chi connectivity index (χ2n) is 3.77. The van der Waals surface area contributed by atoms with Gasteiger partial charge in [0.1, 0.15) is 0 Å². The number of rotatable bonds is 4. The molecule has 0 aromatic rings. The Morgan fingerprint density at radius 1 is 1.27 bits per heavy atom. The summed E-state index contributed by atoms with van der Waals surface area (Å²) in [5.41, 5.74) is 0. The maximum absolute atomic E-state index is 2.55. The van der Waals surface area contributed by atoms with Crippen molar-refractivity contribution >= 4 is 0 Å². The molecule has 1 aliphatic carbocycles. The van der Waals surface area contributed by atoms with Crippen molar-refractivity contribution in [3.8, 4) is 0 Å². The van der Waals surface area contributed by atoms with Crippen LogP contribution in [0.2, 0.25) is 0 Å². The van der Waals surface area contributed by atoms with Crippen molar-refractivity contribution < 1.29 is 0 Å². The summed E-state index contributed by atoms with van der Waals surface area (Å²) in [6, 6.07) is 0.918. The van der Waals surface area contributed by atoms with Crippen LogP contribution in [0.3, 0.4) is 0 Å². The third kappa shape index (κ3) is 2.82. The van der Waals surface area contributed by atoms with Gasteiger partial charge in [0.25, 0.3) is 0 Å². The first-order valence-electron chi connectivity index (χ1n) is 5.05. The van der Waals surface area contributed by atoms with Crippen molar-refractivity contribution in [3.05, 3.63) is 0 Å². The lowest BCUT2D eigenvalue weighted by Gasteiger charge is -2.23. The van der Waals surface area contributed by atoms with Crippen LogP contribution >= 0.6 is 0 Å². The molecular weight excluding hydrogens is 134 g/mol. The van der Waals surface area contributed by atoms with Gasteiger partial charge in [-0.25, -0.2) is 0 Å². The standard InChI is InChI=1S/C10H21N/c1-3-4-9-11(2)10-7-5-6-8-10/h10H,3-9H2,1-2H3. The van der Waals surface area contributed by atoms with Crippen LogP contribution in [0, 0.1) is 0 Å². The highest BCUT2D eigenvalue weighted by Gasteiger charge is 2.18. The van der Waals surface area contributed by atoms with Crippen LogP contribution in [0.15, 0.2) is 0 Å². The van der Waals surface area contributed by atoms with Gasteiger partial charge in [0, 0.05) is 6.04 Å². The van der Waals surface area contributed by atoms with E-state index in [0.29, 0.717) is 0 Å². The fourth-order valence-electron chi connectivity index (χ4n) is 1.94. The molecule has 1 saturated carbocycles. The van der Waals surface area contributed by atoms with Crippen LogP contribution in [0.1, 0.15) is 45.4 Å². The Hall–Kier alpha value is -0.0400. The zero-order valence-electron chi connectivity index (χ0n) is 7.97. The minimum absolute atomic E-state index is 0.918. The van der Waals surface area contributed by atoms with Gasteiger partial charge in [-0.15, -0.1) is 0 Å². The highest BCUT2D eigenvalue weighted by atomic mass is 15.1. The van der Waals surface area contributed by atoms with E-state index in [9.17, 15) is 0 Å². The lowest BCUT2D eigenvalue weighted by Crippen LogP contribution is -2.29. The van der Waals surface area contributed by atoms with Crippen LogP contribution in [-0.2, 0) is 0 Å². The largest absolute Gasteiger partial charge is 0.303 e. The second kappa shape index (κ2) is 4.76. The zero-order valence-corrected chi connectivity index (χ0v) is 7.97. The molecule has 0 heterocycles. The summed E-state index contributed by atoms with van der Waals surface area (Å²) in [6.07, 6.45) is 8.51. The quantitative estimate of drug-likeness (QED) is 0.603. The molecule has 0 atom stereocenters. The van der Waals surface area contributed by atoms with E-state index < -0.39 is 0 Å². The molecular formula is C10H21N. The van der Waals surface area contributed by atoms with Crippen LogP contribution in [0.25, 0.3) is 0 Å². The number of nitrogens with zero attached hydrogens (tertiary/aromatic N) is 1. The maximum Gasteiger partial charge on any atom is 0.00922 e. The molecule has 0 radical (unpaired) electrons. The Labute approximate surface area is 70.8 Å². The highest BCUT2D eigenvalue weighted by molar-refractivity contribution is 4.74. The molecule has 0 bridgehead atoms. The molecule has 1 heteroatoms. The van der Waals surface area contributed by atoms with E-state index in [-0.39, 0.29) is 0 Å². The predicted octanol–water partition coefficient (Wildman–Crippen LogP) is 2.66. The summed E-state index contributed by atoms with van der Waals surface area (Å²) in [4.78, 5) is 2.55. The molecule has 0 aromatic carbocycles. The fraction of sp³-hybridized carbons (Fsp3) is 1.00. The zero-order chi connectivity index (χ0) is 8.10. The second-order valence-corrected chi connectivity index (χ2v) is 3.77. The van der Waals surface area contributed by atoms with Crippen LogP contribution < -0.4 is 0 Å². The summed E-state index contributed by atoms with van der Waals surface area (Å²) in [5.74, 6) is 0. The van der Waals surface area contributed by atoms with E-state index in [1.54, 1.807) is 0 Å². The van der Waals surface area contributed by atoms with Gasteiger partial charge in [-0.3, -0.25) is 0 Å². The molecule has 0 saturated heterocycles. The molecule has 66 valence electrons. The number of hydrogen-bond acceptors (Lipinski definition) is 1. The molecule has 0 amide bonds. The van der Waals surface area contributed by atoms with Crippen molar-refractivity contribution in [2.45, 2.75) is 51.5 Å². The van der Waals surface area contributed by atoms with Crippen LogP contribution in [-0.4, -0.2) is 24.5 Å². The van der Waals surface area contributed by atoms with Crippen molar-refractivity contribution in [2.75, 3.05) is 13.6 Å². The third-order valence-electron chi connectivity index (χ3n) is 2.81. The van der Waals surface area contributed by atoms with E-state index in [0.717, 1.165) is 6.04 Å². The van der Waals surface area contributed by atoms with E-state index in [1.807, 2.05) is 0 Å². The van der Waals surface area contributed by atoms with Crippen molar-refractivity contribution in [1.82, 2.24) is 4.90 Å². The molecule has 1 nitrogen and oxygen atoms in total. The molecule has 11 heavy (non-hydrogen) atoms. The van der Waals surface area contributed by atoms with Gasteiger partial charge in [-0.2, -0.15) is 0 Å². The minimum atomic E-state index is 0.918. The summed E-state index contributed by atoms with van der Waals surface area (Å²) in [5, 5.41) is 0. The summed E-state index contributed by atoms with van der Waals surface area (Å²) < 4.78 is 0. The first kappa shape index (κ1) is 9.05.